The number of fused-ring (bicyclic) bond motifs is 1. The van der Waals surface area contributed by atoms with Gasteiger partial charge in [0, 0.05) is 37.8 Å². The molecule has 2 aromatic rings. The van der Waals surface area contributed by atoms with E-state index in [1.54, 1.807) is 23.1 Å². The fourth-order valence-corrected chi connectivity index (χ4v) is 6.49. The third-order valence-corrected chi connectivity index (χ3v) is 8.40. The number of halogens is 1. The summed E-state index contributed by atoms with van der Waals surface area (Å²) < 4.78 is 46.5. The Morgan fingerprint density at radius 2 is 1.78 bits per heavy atom. The van der Waals surface area contributed by atoms with Crippen LogP contribution >= 0.6 is 0 Å². The minimum atomic E-state index is -3.91. The first-order valence-corrected chi connectivity index (χ1v) is 13.5. The Balaban J connectivity index is 1.53. The van der Waals surface area contributed by atoms with Crippen molar-refractivity contribution >= 4 is 27.5 Å². The molecule has 0 spiro atoms. The first-order chi connectivity index (χ1) is 16.9. The maximum atomic E-state index is 14.0. The largest absolute Gasteiger partial charge is 0.444 e. The molecule has 8 nitrogen and oxygen atoms in total. The minimum absolute atomic E-state index is 0.0128. The molecule has 0 radical (unpaired) electrons. The summed E-state index contributed by atoms with van der Waals surface area (Å²) >= 11 is 0. The number of sulfone groups is 1. The van der Waals surface area contributed by atoms with Crippen molar-refractivity contribution in [2.75, 3.05) is 31.1 Å². The van der Waals surface area contributed by atoms with Crippen LogP contribution in [0.1, 0.15) is 33.3 Å². The van der Waals surface area contributed by atoms with Gasteiger partial charge in [0.1, 0.15) is 16.8 Å². The van der Waals surface area contributed by atoms with Crippen LogP contribution in [-0.2, 0) is 25.8 Å². The lowest BCUT2D eigenvalue weighted by molar-refractivity contribution is -0.120. The summed E-state index contributed by atoms with van der Waals surface area (Å²) in [5.41, 5.74) is 0.286. The summed E-state index contributed by atoms with van der Waals surface area (Å²) in [6, 6.07) is 11.8. The van der Waals surface area contributed by atoms with Crippen LogP contribution in [-0.4, -0.2) is 73.4 Å². The summed E-state index contributed by atoms with van der Waals surface area (Å²) in [5, 5.41) is -1.16. The Morgan fingerprint density at radius 3 is 2.42 bits per heavy atom. The maximum absolute atomic E-state index is 14.0. The second-order valence-corrected chi connectivity index (χ2v) is 12.4. The molecular formula is C26H32FN3O5S. The Kier molecular flexibility index (Phi) is 7.12. The van der Waals surface area contributed by atoms with Gasteiger partial charge in [-0.3, -0.25) is 14.6 Å². The molecule has 0 N–H and O–H groups in total. The van der Waals surface area contributed by atoms with E-state index in [0.29, 0.717) is 30.9 Å². The first-order valence-electron chi connectivity index (χ1n) is 12.0. The number of hydrogen-bond donors (Lipinski definition) is 0. The second-order valence-electron chi connectivity index (χ2n) is 10.3. The molecule has 1 fully saturated rings. The van der Waals surface area contributed by atoms with E-state index in [1.807, 2.05) is 32.6 Å². The van der Waals surface area contributed by atoms with Crippen molar-refractivity contribution in [3.8, 4) is 0 Å². The van der Waals surface area contributed by atoms with E-state index < -0.39 is 32.7 Å². The first kappa shape index (κ1) is 26.1. The fourth-order valence-electron chi connectivity index (χ4n) is 4.73. The van der Waals surface area contributed by atoms with Gasteiger partial charge in [0.2, 0.25) is 5.91 Å². The van der Waals surface area contributed by atoms with E-state index in [1.165, 1.54) is 35.2 Å². The van der Waals surface area contributed by atoms with Crippen LogP contribution < -0.4 is 4.90 Å². The predicted octanol–water partition coefficient (Wildman–Crippen LogP) is 3.46. The molecule has 2 heterocycles. The standard InChI is InChI=1S/C26H32FN3O5S/c1-18-16-28(12-13-29(18)25(32)35-26(2,3)4)17-23(31)30-22-11-10-20(27)14-19(22)15-24(30)36(33,34)21-8-6-5-7-9-21/h5-11,14,18,24H,12-13,15-17H2,1-4H3. The molecule has 36 heavy (non-hydrogen) atoms. The number of anilines is 1. The van der Waals surface area contributed by atoms with Crippen molar-refractivity contribution in [1.29, 1.82) is 0 Å². The molecule has 2 unspecified atom stereocenters. The highest BCUT2D eigenvalue weighted by Gasteiger charge is 2.43. The Bertz CT molecular complexity index is 1250. The lowest BCUT2D eigenvalue weighted by atomic mass is 10.1. The lowest BCUT2D eigenvalue weighted by Gasteiger charge is -2.40. The Hall–Kier alpha value is -2.98. The summed E-state index contributed by atoms with van der Waals surface area (Å²) in [6.07, 6.45) is -0.385. The highest BCUT2D eigenvalue weighted by atomic mass is 32.2. The molecule has 0 aromatic heterocycles. The van der Waals surface area contributed by atoms with Crippen molar-refractivity contribution in [2.45, 2.75) is 56.0 Å². The number of rotatable bonds is 4. The number of ether oxygens (including phenoxy) is 1. The fraction of sp³-hybridized carbons (Fsp3) is 0.462. The van der Waals surface area contributed by atoms with Crippen molar-refractivity contribution < 1.29 is 27.1 Å². The highest BCUT2D eigenvalue weighted by molar-refractivity contribution is 7.92. The normalized spacial score (nSPS) is 20.8. The smallest absolute Gasteiger partial charge is 0.410 e. The maximum Gasteiger partial charge on any atom is 0.410 e. The second kappa shape index (κ2) is 9.82. The Labute approximate surface area is 211 Å². The number of amides is 2. The summed E-state index contributed by atoms with van der Waals surface area (Å²) in [6.45, 7) is 8.55. The van der Waals surface area contributed by atoms with Crippen LogP contribution in [0.4, 0.5) is 14.9 Å². The van der Waals surface area contributed by atoms with Gasteiger partial charge >= 0.3 is 6.09 Å². The number of carbonyl (C=O) groups excluding carboxylic acids is 2. The molecular weight excluding hydrogens is 485 g/mol. The third-order valence-electron chi connectivity index (χ3n) is 6.38. The SMILES string of the molecule is CC1CN(CC(=O)N2c3ccc(F)cc3CC2S(=O)(=O)c2ccccc2)CCN1C(=O)OC(C)(C)C. The number of hydrogen-bond acceptors (Lipinski definition) is 6. The number of benzene rings is 2. The number of piperazine rings is 1. The van der Waals surface area contributed by atoms with E-state index in [0.717, 1.165) is 0 Å². The van der Waals surface area contributed by atoms with Gasteiger partial charge in [-0.25, -0.2) is 17.6 Å². The van der Waals surface area contributed by atoms with Crippen LogP contribution in [0.2, 0.25) is 0 Å². The van der Waals surface area contributed by atoms with E-state index >= 15 is 0 Å². The van der Waals surface area contributed by atoms with Gasteiger partial charge in [0.25, 0.3) is 0 Å². The zero-order valence-corrected chi connectivity index (χ0v) is 21.8. The molecule has 2 atom stereocenters. The van der Waals surface area contributed by atoms with Gasteiger partial charge in [-0.1, -0.05) is 18.2 Å². The van der Waals surface area contributed by atoms with Crippen LogP contribution in [0.3, 0.4) is 0 Å². The van der Waals surface area contributed by atoms with E-state index in [9.17, 15) is 22.4 Å². The van der Waals surface area contributed by atoms with Gasteiger partial charge in [0.15, 0.2) is 9.84 Å². The summed E-state index contributed by atoms with van der Waals surface area (Å²) in [5.74, 6) is -0.867. The van der Waals surface area contributed by atoms with E-state index in [4.69, 9.17) is 4.74 Å². The van der Waals surface area contributed by atoms with Crippen LogP contribution in [0, 0.1) is 5.82 Å². The van der Waals surface area contributed by atoms with E-state index in [2.05, 4.69) is 0 Å². The zero-order valence-electron chi connectivity index (χ0n) is 21.0. The topological polar surface area (TPSA) is 87.2 Å². The molecule has 1 saturated heterocycles. The summed E-state index contributed by atoms with van der Waals surface area (Å²) in [4.78, 5) is 31.1. The zero-order chi connectivity index (χ0) is 26.3. The molecule has 10 heteroatoms. The third kappa shape index (κ3) is 5.39. The van der Waals surface area contributed by atoms with Crippen LogP contribution in [0.15, 0.2) is 53.4 Å². The molecule has 2 aliphatic heterocycles. The molecule has 0 aliphatic carbocycles. The number of nitrogens with zero attached hydrogens (tertiary/aromatic N) is 3. The monoisotopic (exact) mass is 517 g/mol. The van der Waals surface area contributed by atoms with Crippen LogP contribution in [0.5, 0.6) is 0 Å². The predicted molar refractivity (Wildman–Crippen MR) is 134 cm³/mol. The summed E-state index contributed by atoms with van der Waals surface area (Å²) in [7, 11) is -3.91. The van der Waals surface area contributed by atoms with Crippen molar-refractivity contribution in [2.24, 2.45) is 0 Å². The number of carbonyl (C=O) groups is 2. The lowest BCUT2D eigenvalue weighted by Crippen LogP contribution is -2.57. The van der Waals surface area contributed by atoms with Gasteiger partial charge in [-0.15, -0.1) is 0 Å². The Morgan fingerprint density at radius 1 is 1.08 bits per heavy atom. The highest BCUT2D eigenvalue weighted by Crippen LogP contribution is 2.37. The molecule has 2 aliphatic rings. The van der Waals surface area contributed by atoms with Gasteiger partial charge < -0.3 is 9.64 Å². The molecule has 0 saturated carbocycles. The van der Waals surface area contributed by atoms with Crippen LogP contribution in [0.25, 0.3) is 0 Å². The van der Waals surface area contributed by atoms with Crippen molar-refractivity contribution in [3.63, 3.8) is 0 Å². The molecule has 0 bridgehead atoms. The minimum Gasteiger partial charge on any atom is -0.444 e. The van der Waals surface area contributed by atoms with Crippen molar-refractivity contribution in [3.05, 3.63) is 59.9 Å². The molecule has 4 rings (SSSR count). The molecule has 194 valence electrons. The molecule has 2 amide bonds. The van der Waals surface area contributed by atoms with Gasteiger partial charge in [-0.2, -0.15) is 0 Å². The van der Waals surface area contributed by atoms with Gasteiger partial charge in [-0.05, 0) is 63.6 Å². The average molecular weight is 518 g/mol. The molecule has 2 aromatic carbocycles. The van der Waals surface area contributed by atoms with Crippen molar-refractivity contribution in [1.82, 2.24) is 9.80 Å². The van der Waals surface area contributed by atoms with Gasteiger partial charge in [0.05, 0.1) is 11.4 Å². The average Bonchev–Trinajstić information content (AvgIpc) is 3.18. The quantitative estimate of drug-likeness (QED) is 0.618. The van der Waals surface area contributed by atoms with E-state index in [-0.39, 0.29) is 29.8 Å².